The molecule has 2 heterocycles. The molecule has 1 unspecified atom stereocenters. The lowest BCUT2D eigenvalue weighted by atomic mass is 10.1. The van der Waals surface area contributed by atoms with Crippen LogP contribution in [-0.2, 0) is 4.79 Å². The van der Waals surface area contributed by atoms with E-state index in [2.05, 4.69) is 10.2 Å². The number of anilines is 1. The molecule has 3 amide bonds. The maximum absolute atomic E-state index is 12.6. The Labute approximate surface area is 160 Å². The summed E-state index contributed by atoms with van der Waals surface area (Å²) in [5, 5.41) is 3.75. The molecule has 2 fully saturated rings. The average molecular weight is 379 g/mol. The minimum absolute atomic E-state index is 0.0793. The van der Waals surface area contributed by atoms with Crippen LogP contribution < -0.4 is 10.2 Å². The van der Waals surface area contributed by atoms with Crippen LogP contribution in [0.2, 0.25) is 5.02 Å². The van der Waals surface area contributed by atoms with Crippen molar-refractivity contribution in [1.82, 2.24) is 15.1 Å². The highest BCUT2D eigenvalue weighted by Crippen LogP contribution is 2.23. The van der Waals surface area contributed by atoms with Crippen molar-refractivity contribution in [3.8, 4) is 0 Å². The van der Waals surface area contributed by atoms with E-state index in [9.17, 15) is 9.59 Å². The van der Waals surface area contributed by atoms with Crippen LogP contribution in [0.5, 0.6) is 0 Å². The molecule has 0 saturated carbocycles. The van der Waals surface area contributed by atoms with Crippen LogP contribution in [0, 0.1) is 0 Å². The molecule has 0 spiro atoms. The summed E-state index contributed by atoms with van der Waals surface area (Å²) in [5.74, 6) is 0.105. The van der Waals surface area contributed by atoms with Gasteiger partial charge in [-0.2, -0.15) is 0 Å². The molecule has 26 heavy (non-hydrogen) atoms. The van der Waals surface area contributed by atoms with E-state index >= 15 is 0 Å². The van der Waals surface area contributed by atoms with E-state index in [0.29, 0.717) is 26.1 Å². The monoisotopic (exact) mass is 378 g/mol. The average Bonchev–Trinajstić information content (AvgIpc) is 2.95. The summed E-state index contributed by atoms with van der Waals surface area (Å²) in [4.78, 5) is 30.6. The third-order valence-corrected chi connectivity index (χ3v) is 5.24. The highest BCUT2D eigenvalue weighted by atomic mass is 35.5. The number of urea groups is 1. The van der Waals surface area contributed by atoms with Crippen molar-refractivity contribution < 1.29 is 9.59 Å². The van der Waals surface area contributed by atoms with Crippen LogP contribution in [0.25, 0.3) is 0 Å². The number of rotatable bonds is 2. The van der Waals surface area contributed by atoms with Crippen molar-refractivity contribution in [1.29, 1.82) is 0 Å². The van der Waals surface area contributed by atoms with E-state index in [1.54, 1.807) is 0 Å². The number of nitrogens with one attached hydrogen (secondary N) is 1. The van der Waals surface area contributed by atoms with Gasteiger partial charge in [-0.25, -0.2) is 4.79 Å². The van der Waals surface area contributed by atoms with Gasteiger partial charge in [0.25, 0.3) is 0 Å². The Balaban J connectivity index is 1.51. The maximum atomic E-state index is 12.6. The highest BCUT2D eigenvalue weighted by Gasteiger charge is 2.37. The van der Waals surface area contributed by atoms with Crippen LogP contribution in [-0.4, -0.2) is 66.0 Å². The van der Waals surface area contributed by atoms with Gasteiger partial charge in [-0.1, -0.05) is 17.7 Å². The van der Waals surface area contributed by atoms with Gasteiger partial charge >= 0.3 is 6.03 Å². The molecule has 0 bridgehead atoms. The molecule has 2 saturated heterocycles. The molecular weight excluding hydrogens is 352 g/mol. The molecule has 142 valence electrons. The van der Waals surface area contributed by atoms with E-state index in [-0.39, 0.29) is 23.5 Å². The molecule has 1 aromatic rings. The van der Waals surface area contributed by atoms with Crippen molar-refractivity contribution in [2.24, 2.45) is 0 Å². The summed E-state index contributed by atoms with van der Waals surface area (Å²) < 4.78 is 0. The van der Waals surface area contributed by atoms with Crippen molar-refractivity contribution in [2.45, 2.75) is 38.8 Å². The first-order valence-corrected chi connectivity index (χ1v) is 9.48. The number of piperazine rings is 1. The van der Waals surface area contributed by atoms with Crippen LogP contribution in [0.3, 0.4) is 0 Å². The van der Waals surface area contributed by atoms with Gasteiger partial charge in [0.15, 0.2) is 0 Å². The minimum Gasteiger partial charge on any atom is -0.368 e. The fourth-order valence-electron chi connectivity index (χ4n) is 3.56. The fraction of sp³-hybridized carbons (Fsp3) is 0.579. The van der Waals surface area contributed by atoms with Crippen molar-refractivity contribution in [3.63, 3.8) is 0 Å². The molecule has 2 aliphatic rings. The van der Waals surface area contributed by atoms with Crippen molar-refractivity contribution in [2.75, 3.05) is 37.6 Å². The van der Waals surface area contributed by atoms with Crippen molar-refractivity contribution >= 4 is 29.2 Å². The van der Waals surface area contributed by atoms with E-state index in [4.69, 9.17) is 11.6 Å². The summed E-state index contributed by atoms with van der Waals surface area (Å²) in [6.45, 7) is 9.48. The SMILES string of the molecule is CC(C)(C)N1CC(NC(=O)N2CCN(c3cccc(Cl)c3)CC2)CC1=O. The normalized spacial score (nSPS) is 21.3. The first kappa shape index (κ1) is 18.8. The van der Waals surface area contributed by atoms with Gasteiger partial charge in [-0.05, 0) is 39.0 Å². The van der Waals surface area contributed by atoms with E-state index in [0.717, 1.165) is 23.8 Å². The van der Waals surface area contributed by atoms with Crippen LogP contribution >= 0.6 is 11.6 Å². The highest BCUT2D eigenvalue weighted by molar-refractivity contribution is 6.30. The first-order valence-electron chi connectivity index (χ1n) is 9.10. The third kappa shape index (κ3) is 4.23. The number of carbonyl (C=O) groups excluding carboxylic acids is 2. The predicted molar refractivity (Wildman–Crippen MR) is 104 cm³/mol. The van der Waals surface area contributed by atoms with Gasteiger partial charge < -0.3 is 20.0 Å². The topological polar surface area (TPSA) is 55.9 Å². The molecule has 2 aliphatic heterocycles. The predicted octanol–water partition coefficient (Wildman–Crippen LogP) is 2.57. The molecule has 0 aromatic heterocycles. The molecule has 1 N–H and O–H groups in total. The quantitative estimate of drug-likeness (QED) is 0.860. The standard InChI is InChI=1S/C19H27ClN4O2/c1-19(2,3)24-13-15(12-17(24)25)21-18(26)23-9-7-22(8-10-23)16-6-4-5-14(20)11-16/h4-6,11,15H,7-10,12-13H2,1-3H3,(H,21,26). The lowest BCUT2D eigenvalue weighted by molar-refractivity contribution is -0.131. The minimum atomic E-state index is -0.209. The van der Waals surface area contributed by atoms with E-state index < -0.39 is 0 Å². The van der Waals surface area contributed by atoms with Gasteiger partial charge in [0.1, 0.15) is 0 Å². The number of hydrogen-bond acceptors (Lipinski definition) is 3. The summed E-state index contributed by atoms with van der Waals surface area (Å²) in [6.07, 6.45) is 0.380. The summed E-state index contributed by atoms with van der Waals surface area (Å²) in [6, 6.07) is 7.59. The molecule has 7 heteroatoms. The van der Waals surface area contributed by atoms with E-state index in [1.807, 2.05) is 54.8 Å². The zero-order valence-corrected chi connectivity index (χ0v) is 16.4. The zero-order valence-electron chi connectivity index (χ0n) is 15.7. The molecule has 1 atom stereocenters. The second-order valence-electron chi connectivity index (χ2n) is 7.98. The van der Waals surface area contributed by atoms with Gasteiger partial charge in [-0.3, -0.25) is 4.79 Å². The second-order valence-corrected chi connectivity index (χ2v) is 8.42. The molecule has 6 nitrogen and oxygen atoms in total. The molecule has 0 radical (unpaired) electrons. The Morgan fingerprint density at radius 3 is 2.46 bits per heavy atom. The number of nitrogens with zero attached hydrogens (tertiary/aromatic N) is 3. The van der Waals surface area contributed by atoms with Crippen molar-refractivity contribution in [3.05, 3.63) is 29.3 Å². The largest absolute Gasteiger partial charge is 0.368 e. The number of halogens is 1. The van der Waals surface area contributed by atoms with Gasteiger partial charge in [0.2, 0.25) is 5.91 Å². The van der Waals surface area contributed by atoms with Gasteiger partial charge in [0, 0.05) is 55.4 Å². The third-order valence-electron chi connectivity index (χ3n) is 5.00. The fourth-order valence-corrected chi connectivity index (χ4v) is 3.74. The Morgan fingerprint density at radius 1 is 1.19 bits per heavy atom. The Hall–Kier alpha value is -1.95. The smallest absolute Gasteiger partial charge is 0.317 e. The lowest BCUT2D eigenvalue weighted by Gasteiger charge is -2.36. The second kappa shape index (κ2) is 7.35. The number of hydrogen-bond donors (Lipinski definition) is 1. The number of carbonyl (C=O) groups is 2. The number of amides is 3. The Kier molecular flexibility index (Phi) is 5.32. The molecule has 1 aromatic carbocycles. The summed E-state index contributed by atoms with van der Waals surface area (Å²) >= 11 is 6.06. The van der Waals surface area contributed by atoms with E-state index in [1.165, 1.54) is 0 Å². The Bertz CT molecular complexity index is 680. The Morgan fingerprint density at radius 2 is 1.88 bits per heavy atom. The molecular formula is C19H27ClN4O2. The van der Waals surface area contributed by atoms with Gasteiger partial charge in [0.05, 0.1) is 6.04 Å². The van der Waals surface area contributed by atoms with Crippen LogP contribution in [0.15, 0.2) is 24.3 Å². The molecule has 3 rings (SSSR count). The zero-order chi connectivity index (χ0) is 18.9. The molecule has 0 aliphatic carbocycles. The maximum Gasteiger partial charge on any atom is 0.317 e. The van der Waals surface area contributed by atoms with Crippen LogP contribution in [0.4, 0.5) is 10.5 Å². The summed E-state index contributed by atoms with van der Waals surface area (Å²) in [5.41, 5.74) is 0.874. The lowest BCUT2D eigenvalue weighted by Crippen LogP contribution is -2.54. The number of likely N-dealkylation sites (tertiary alicyclic amines) is 1. The first-order chi connectivity index (χ1) is 12.2. The summed E-state index contributed by atoms with van der Waals surface area (Å²) in [7, 11) is 0. The number of benzene rings is 1. The van der Waals surface area contributed by atoms with Crippen LogP contribution in [0.1, 0.15) is 27.2 Å². The van der Waals surface area contributed by atoms with Gasteiger partial charge in [-0.15, -0.1) is 0 Å².